The first-order valence-electron chi connectivity index (χ1n) is 5.85. The number of aliphatic hydroxyl groups excluding tert-OH is 2. The fourth-order valence-corrected chi connectivity index (χ4v) is 1.73. The maximum Gasteiger partial charge on any atom is 0.338 e. The summed E-state index contributed by atoms with van der Waals surface area (Å²) >= 11 is 0. The molecule has 20 heavy (non-hydrogen) atoms. The van der Waals surface area contributed by atoms with Crippen LogP contribution in [0.15, 0.2) is 18.2 Å². The number of esters is 1. The third-order valence-electron chi connectivity index (χ3n) is 2.79. The van der Waals surface area contributed by atoms with Gasteiger partial charge in [-0.1, -0.05) is 0 Å². The van der Waals surface area contributed by atoms with Crippen molar-refractivity contribution in [3.05, 3.63) is 39.4 Å². The van der Waals surface area contributed by atoms with Crippen LogP contribution >= 0.6 is 0 Å². The number of hydrogen-bond acceptors (Lipinski definition) is 7. The minimum absolute atomic E-state index is 0.0107. The summed E-state index contributed by atoms with van der Waals surface area (Å²) in [5.74, 6) is -0.725. The van der Waals surface area contributed by atoms with Crippen LogP contribution in [0.4, 0.5) is 5.69 Å². The van der Waals surface area contributed by atoms with Crippen molar-refractivity contribution >= 4 is 11.7 Å². The molecule has 0 aromatic heterocycles. The first-order valence-corrected chi connectivity index (χ1v) is 5.85. The summed E-state index contributed by atoms with van der Waals surface area (Å²) in [4.78, 5) is 21.6. The average Bonchev–Trinajstić information content (AvgIpc) is 2.45. The Kier molecular flexibility index (Phi) is 5.56. The molecule has 0 saturated heterocycles. The number of benzene rings is 1. The van der Waals surface area contributed by atoms with Crippen LogP contribution in [-0.4, -0.2) is 40.9 Å². The molecule has 2 atom stereocenters. The van der Waals surface area contributed by atoms with E-state index in [9.17, 15) is 25.1 Å². The van der Waals surface area contributed by atoms with E-state index in [1.807, 2.05) is 0 Å². The van der Waals surface area contributed by atoms with Crippen molar-refractivity contribution in [2.45, 2.75) is 18.6 Å². The van der Waals surface area contributed by atoms with Crippen molar-refractivity contribution in [1.29, 1.82) is 0 Å². The van der Waals surface area contributed by atoms with Crippen molar-refractivity contribution in [3.63, 3.8) is 0 Å². The van der Waals surface area contributed by atoms with Crippen LogP contribution in [-0.2, 0) is 4.74 Å². The Balaban J connectivity index is 3.20. The molecular weight excluding hydrogens is 268 g/mol. The van der Waals surface area contributed by atoms with E-state index in [4.69, 9.17) is 5.73 Å². The van der Waals surface area contributed by atoms with Crippen molar-refractivity contribution in [1.82, 2.24) is 0 Å². The summed E-state index contributed by atoms with van der Waals surface area (Å²) in [6.45, 7) is 0.131. The number of nitro groups is 1. The molecule has 0 amide bonds. The molecule has 1 rings (SSSR count). The molecule has 0 heterocycles. The van der Waals surface area contributed by atoms with Gasteiger partial charge in [0.05, 0.1) is 29.3 Å². The minimum atomic E-state index is -1.45. The second-order valence-corrected chi connectivity index (χ2v) is 4.11. The molecule has 0 aliphatic heterocycles. The highest BCUT2D eigenvalue weighted by atomic mass is 16.6. The molecule has 2 unspecified atom stereocenters. The molecule has 0 aliphatic carbocycles. The van der Waals surface area contributed by atoms with Gasteiger partial charge in [0, 0.05) is 6.07 Å². The number of methoxy groups -OCH3 is 1. The van der Waals surface area contributed by atoms with Crippen LogP contribution in [0.2, 0.25) is 0 Å². The lowest BCUT2D eigenvalue weighted by Crippen LogP contribution is -2.22. The second-order valence-electron chi connectivity index (χ2n) is 4.11. The zero-order valence-electron chi connectivity index (χ0n) is 10.9. The summed E-state index contributed by atoms with van der Waals surface area (Å²) in [6.07, 6.45) is -2.58. The van der Waals surface area contributed by atoms with Crippen LogP contribution in [0.3, 0.4) is 0 Å². The van der Waals surface area contributed by atoms with Gasteiger partial charge in [-0.25, -0.2) is 4.79 Å². The molecule has 0 fully saturated rings. The molecule has 110 valence electrons. The van der Waals surface area contributed by atoms with Gasteiger partial charge < -0.3 is 20.7 Å². The Morgan fingerprint density at radius 1 is 1.50 bits per heavy atom. The van der Waals surface area contributed by atoms with Gasteiger partial charge in [0.25, 0.3) is 5.69 Å². The van der Waals surface area contributed by atoms with E-state index in [0.29, 0.717) is 0 Å². The minimum Gasteiger partial charge on any atom is -0.465 e. The maximum absolute atomic E-state index is 11.3. The largest absolute Gasteiger partial charge is 0.465 e. The number of carbonyl (C=O) groups excluding carboxylic acids is 1. The number of nitrogens with two attached hydrogens (primary N) is 1. The highest BCUT2D eigenvalue weighted by Gasteiger charge is 2.27. The van der Waals surface area contributed by atoms with E-state index >= 15 is 0 Å². The molecular formula is C12H16N2O6. The molecule has 0 bridgehead atoms. The SMILES string of the molecule is COC(=O)c1ccc(C(O)C(O)CCN)c([N+](=O)[O-])c1. The van der Waals surface area contributed by atoms with Crippen molar-refractivity contribution in [3.8, 4) is 0 Å². The predicted octanol–water partition coefficient (Wildman–Crippen LogP) is 0.125. The Morgan fingerprint density at radius 2 is 2.15 bits per heavy atom. The number of aliphatic hydroxyl groups is 2. The van der Waals surface area contributed by atoms with Gasteiger partial charge in [-0.3, -0.25) is 10.1 Å². The van der Waals surface area contributed by atoms with Gasteiger partial charge in [-0.05, 0) is 25.1 Å². The van der Waals surface area contributed by atoms with Crippen molar-refractivity contribution in [2.75, 3.05) is 13.7 Å². The first-order chi connectivity index (χ1) is 9.42. The Hall–Kier alpha value is -2.03. The number of ether oxygens (including phenoxy) is 1. The molecule has 1 aromatic carbocycles. The third-order valence-corrected chi connectivity index (χ3v) is 2.79. The van der Waals surface area contributed by atoms with Gasteiger partial charge in [0.15, 0.2) is 0 Å². The van der Waals surface area contributed by atoms with E-state index in [1.54, 1.807) is 0 Å². The van der Waals surface area contributed by atoms with E-state index < -0.39 is 28.8 Å². The highest BCUT2D eigenvalue weighted by Crippen LogP contribution is 2.29. The Bertz CT molecular complexity index is 505. The first kappa shape index (κ1) is 16.0. The van der Waals surface area contributed by atoms with Gasteiger partial charge in [0.1, 0.15) is 6.10 Å². The van der Waals surface area contributed by atoms with Gasteiger partial charge in [-0.2, -0.15) is 0 Å². The highest BCUT2D eigenvalue weighted by molar-refractivity contribution is 5.90. The van der Waals surface area contributed by atoms with E-state index in [-0.39, 0.29) is 24.1 Å². The van der Waals surface area contributed by atoms with Crippen molar-refractivity contribution in [2.24, 2.45) is 5.73 Å². The molecule has 1 aromatic rings. The smallest absolute Gasteiger partial charge is 0.338 e. The van der Waals surface area contributed by atoms with Gasteiger partial charge in [-0.15, -0.1) is 0 Å². The molecule has 8 heteroatoms. The lowest BCUT2D eigenvalue weighted by atomic mass is 9.99. The molecule has 0 spiro atoms. The summed E-state index contributed by atoms with van der Waals surface area (Å²) in [7, 11) is 1.15. The lowest BCUT2D eigenvalue weighted by molar-refractivity contribution is -0.386. The number of hydrogen-bond donors (Lipinski definition) is 3. The lowest BCUT2D eigenvalue weighted by Gasteiger charge is -2.17. The zero-order valence-corrected chi connectivity index (χ0v) is 10.9. The summed E-state index contributed by atoms with van der Waals surface area (Å²) in [5, 5.41) is 30.6. The zero-order chi connectivity index (χ0) is 15.3. The van der Waals surface area contributed by atoms with Crippen LogP contribution in [0.1, 0.15) is 28.4 Å². The van der Waals surface area contributed by atoms with Gasteiger partial charge >= 0.3 is 5.97 Å². The Labute approximate surface area is 114 Å². The standard InChI is InChI=1S/C12H16N2O6/c1-20-12(17)7-2-3-8(9(6-7)14(18)19)11(16)10(15)4-5-13/h2-3,6,10-11,15-16H,4-5,13H2,1H3. The molecule has 0 saturated carbocycles. The maximum atomic E-state index is 11.3. The molecule has 8 nitrogen and oxygen atoms in total. The predicted molar refractivity (Wildman–Crippen MR) is 69.1 cm³/mol. The number of nitro benzene ring substituents is 1. The Morgan fingerprint density at radius 3 is 2.65 bits per heavy atom. The molecule has 0 aliphatic rings. The topological polar surface area (TPSA) is 136 Å². The fourth-order valence-electron chi connectivity index (χ4n) is 1.73. The van der Waals surface area contributed by atoms with E-state index in [2.05, 4.69) is 4.74 Å². The quantitative estimate of drug-likeness (QED) is 0.383. The summed E-state index contributed by atoms with van der Waals surface area (Å²) in [6, 6.07) is 3.50. The van der Waals surface area contributed by atoms with Crippen LogP contribution in [0, 0.1) is 10.1 Å². The van der Waals surface area contributed by atoms with Crippen LogP contribution < -0.4 is 5.73 Å². The number of carbonyl (C=O) groups is 1. The monoisotopic (exact) mass is 284 g/mol. The van der Waals surface area contributed by atoms with Gasteiger partial charge in [0.2, 0.25) is 0 Å². The van der Waals surface area contributed by atoms with E-state index in [1.165, 1.54) is 12.1 Å². The normalized spacial score (nSPS) is 13.6. The number of rotatable bonds is 6. The molecule has 0 radical (unpaired) electrons. The number of nitrogens with zero attached hydrogens (tertiary/aromatic N) is 1. The fraction of sp³-hybridized carbons (Fsp3) is 0.417. The summed E-state index contributed by atoms with van der Waals surface area (Å²) < 4.78 is 4.47. The molecule has 4 N–H and O–H groups in total. The average molecular weight is 284 g/mol. The van der Waals surface area contributed by atoms with Crippen LogP contribution in [0.25, 0.3) is 0 Å². The summed E-state index contributed by atoms with van der Waals surface area (Å²) in [5.41, 5.74) is 4.71. The third kappa shape index (κ3) is 3.50. The second kappa shape index (κ2) is 6.94. The van der Waals surface area contributed by atoms with Crippen LogP contribution in [0.5, 0.6) is 0 Å². The van der Waals surface area contributed by atoms with E-state index in [0.717, 1.165) is 13.2 Å². The van der Waals surface area contributed by atoms with Crippen molar-refractivity contribution < 1.29 is 24.7 Å².